The molecule has 0 heterocycles. The minimum Gasteiger partial charge on any atom is -0.481 e. The lowest BCUT2D eigenvalue weighted by molar-refractivity contribution is -0.140. The number of carbonyl (C=O) groups excluding carboxylic acids is 1. The molecule has 5 heteroatoms. The van der Waals surface area contributed by atoms with E-state index in [2.05, 4.69) is 11.6 Å². The van der Waals surface area contributed by atoms with E-state index in [9.17, 15) is 9.59 Å². The van der Waals surface area contributed by atoms with Crippen molar-refractivity contribution in [1.29, 1.82) is 0 Å². The molecule has 2 rings (SSSR count). The fourth-order valence-electron chi connectivity index (χ4n) is 3.37. The second kappa shape index (κ2) is 5.35. The maximum atomic E-state index is 12.2. The molecule has 2 aliphatic carbocycles. The molecule has 4 nitrogen and oxygen atoms in total. The number of aliphatic carboxylic acids is 1. The van der Waals surface area contributed by atoms with Crippen LogP contribution in [0.3, 0.4) is 0 Å². The van der Waals surface area contributed by atoms with Gasteiger partial charge in [0.1, 0.15) is 0 Å². The third-order valence-corrected chi connectivity index (χ3v) is 5.78. The van der Waals surface area contributed by atoms with E-state index >= 15 is 0 Å². The number of carbonyl (C=O) groups is 2. The molecule has 2 aliphatic rings. The van der Waals surface area contributed by atoms with Crippen molar-refractivity contribution in [2.24, 2.45) is 17.3 Å². The maximum Gasteiger partial charge on any atom is 0.307 e. The van der Waals surface area contributed by atoms with Crippen molar-refractivity contribution in [1.82, 2.24) is 5.32 Å². The summed E-state index contributed by atoms with van der Waals surface area (Å²) in [7, 11) is 0. The fraction of sp³-hybridized carbons (Fsp3) is 0.857. The number of hydrogen-bond acceptors (Lipinski definition) is 3. The van der Waals surface area contributed by atoms with Crippen molar-refractivity contribution >= 4 is 23.6 Å². The van der Waals surface area contributed by atoms with Crippen LogP contribution in [-0.4, -0.2) is 34.5 Å². The summed E-state index contributed by atoms with van der Waals surface area (Å²) in [5, 5.41) is 12.8. The molecule has 0 aromatic rings. The van der Waals surface area contributed by atoms with Gasteiger partial charge >= 0.3 is 5.97 Å². The van der Waals surface area contributed by atoms with Crippen LogP contribution in [0.15, 0.2) is 0 Å². The Hall–Kier alpha value is -0.710. The Labute approximate surface area is 118 Å². The predicted molar refractivity (Wildman–Crippen MR) is 76.1 cm³/mol. The number of rotatable bonds is 4. The molecule has 2 fully saturated rings. The molecular weight excluding hydrogens is 262 g/mol. The van der Waals surface area contributed by atoms with Crippen LogP contribution in [0.5, 0.6) is 0 Å². The Kier molecular flexibility index (Phi) is 4.14. The lowest BCUT2D eigenvalue weighted by Crippen LogP contribution is -2.40. The third kappa shape index (κ3) is 2.91. The monoisotopic (exact) mass is 285 g/mol. The van der Waals surface area contributed by atoms with Gasteiger partial charge < -0.3 is 10.4 Å². The van der Waals surface area contributed by atoms with Gasteiger partial charge in [0, 0.05) is 11.3 Å². The zero-order valence-electron chi connectivity index (χ0n) is 11.8. The molecule has 0 aromatic carbocycles. The van der Waals surface area contributed by atoms with Gasteiger partial charge in [-0.3, -0.25) is 9.59 Å². The fourth-order valence-corrected chi connectivity index (χ4v) is 4.20. The second-order valence-electron chi connectivity index (χ2n) is 6.34. The molecule has 0 saturated heterocycles. The van der Waals surface area contributed by atoms with Crippen LogP contribution in [-0.2, 0) is 9.59 Å². The summed E-state index contributed by atoms with van der Waals surface area (Å²) < 4.78 is 0. The van der Waals surface area contributed by atoms with E-state index in [-0.39, 0.29) is 17.9 Å². The Bertz CT molecular complexity index is 383. The molecule has 0 aliphatic heterocycles. The van der Waals surface area contributed by atoms with Gasteiger partial charge in [0.2, 0.25) is 5.91 Å². The number of thioether (sulfide) groups is 1. The first-order valence-corrected chi connectivity index (χ1v) is 8.22. The summed E-state index contributed by atoms with van der Waals surface area (Å²) in [4.78, 5) is 23.3. The molecule has 1 amide bonds. The van der Waals surface area contributed by atoms with Crippen LogP contribution in [0.1, 0.15) is 39.5 Å². The number of carboxylic acid groups (broad SMARTS) is 1. The highest BCUT2D eigenvalue weighted by Gasteiger charge is 2.66. The van der Waals surface area contributed by atoms with Crippen LogP contribution in [0, 0.1) is 17.3 Å². The predicted octanol–water partition coefficient (Wildman–Crippen LogP) is 2.13. The summed E-state index contributed by atoms with van der Waals surface area (Å²) >= 11 is 1.86. The van der Waals surface area contributed by atoms with E-state index < -0.39 is 17.3 Å². The molecule has 4 atom stereocenters. The standard InChI is InChI=1S/C14H23NO3S/c1-14(2)10(11(14)13(17)18)12(16)15-8-5-4-6-9(7-8)19-3/h8-11H,4-7H2,1-3H3,(H,15,16)(H,17,18)/t8?,9?,10-,11+/m1/s1. The van der Waals surface area contributed by atoms with Gasteiger partial charge in [-0.15, -0.1) is 0 Å². The largest absolute Gasteiger partial charge is 0.481 e. The summed E-state index contributed by atoms with van der Waals surface area (Å²) in [5.74, 6) is -1.80. The molecule has 0 aromatic heterocycles. The van der Waals surface area contributed by atoms with Crippen LogP contribution < -0.4 is 5.32 Å². The Morgan fingerprint density at radius 1 is 1.26 bits per heavy atom. The van der Waals surface area contributed by atoms with Gasteiger partial charge in [-0.25, -0.2) is 0 Å². The van der Waals surface area contributed by atoms with Crippen LogP contribution in [0.25, 0.3) is 0 Å². The van der Waals surface area contributed by atoms with E-state index in [4.69, 9.17) is 5.11 Å². The lowest BCUT2D eigenvalue weighted by Gasteiger charge is -2.28. The third-order valence-electron chi connectivity index (χ3n) is 4.68. The highest BCUT2D eigenvalue weighted by Crippen LogP contribution is 2.58. The van der Waals surface area contributed by atoms with Gasteiger partial charge in [-0.1, -0.05) is 20.3 Å². The molecule has 2 unspecified atom stereocenters. The molecule has 19 heavy (non-hydrogen) atoms. The van der Waals surface area contributed by atoms with Crippen LogP contribution in [0.2, 0.25) is 0 Å². The summed E-state index contributed by atoms with van der Waals surface area (Å²) in [5.41, 5.74) is -0.399. The van der Waals surface area contributed by atoms with E-state index in [1.807, 2.05) is 25.6 Å². The first kappa shape index (κ1) is 14.7. The lowest BCUT2D eigenvalue weighted by atomic mass is 9.94. The van der Waals surface area contributed by atoms with E-state index in [1.165, 1.54) is 6.42 Å². The summed E-state index contributed by atoms with van der Waals surface area (Å²) in [6.45, 7) is 3.73. The molecule has 0 bridgehead atoms. The molecule has 2 N–H and O–H groups in total. The second-order valence-corrected chi connectivity index (χ2v) is 7.48. The Balaban J connectivity index is 1.90. The van der Waals surface area contributed by atoms with Gasteiger partial charge in [0.15, 0.2) is 0 Å². The number of hydrogen-bond donors (Lipinski definition) is 2. The number of amides is 1. The van der Waals surface area contributed by atoms with Gasteiger partial charge in [-0.05, 0) is 30.9 Å². The normalized spacial score (nSPS) is 36.6. The maximum absolute atomic E-state index is 12.2. The Morgan fingerprint density at radius 3 is 2.47 bits per heavy atom. The smallest absolute Gasteiger partial charge is 0.307 e. The average Bonchev–Trinajstić information content (AvgIpc) is 2.93. The molecule has 0 spiro atoms. The van der Waals surface area contributed by atoms with Gasteiger partial charge in [-0.2, -0.15) is 11.8 Å². The highest BCUT2D eigenvalue weighted by atomic mass is 32.2. The average molecular weight is 285 g/mol. The SMILES string of the molecule is CSC1CCCC(NC(=O)[C@H]2[C@@H](C(=O)O)C2(C)C)C1. The number of nitrogens with one attached hydrogen (secondary N) is 1. The first-order chi connectivity index (χ1) is 8.87. The minimum atomic E-state index is -0.851. The van der Waals surface area contributed by atoms with Gasteiger partial charge in [0.25, 0.3) is 0 Å². The van der Waals surface area contributed by atoms with Crippen LogP contribution >= 0.6 is 11.8 Å². The van der Waals surface area contributed by atoms with Crippen molar-refractivity contribution in [3.8, 4) is 0 Å². The Morgan fingerprint density at radius 2 is 1.95 bits per heavy atom. The van der Waals surface area contributed by atoms with Crippen molar-refractivity contribution in [3.05, 3.63) is 0 Å². The summed E-state index contributed by atoms with van der Waals surface area (Å²) in [6.07, 6.45) is 6.51. The van der Waals surface area contributed by atoms with Gasteiger partial charge in [0.05, 0.1) is 11.8 Å². The van der Waals surface area contributed by atoms with Crippen LogP contribution in [0.4, 0.5) is 0 Å². The van der Waals surface area contributed by atoms with E-state index in [0.29, 0.717) is 5.25 Å². The zero-order valence-corrected chi connectivity index (χ0v) is 12.6. The quantitative estimate of drug-likeness (QED) is 0.830. The number of carboxylic acids is 1. The molecule has 0 radical (unpaired) electrons. The summed E-state index contributed by atoms with van der Waals surface area (Å²) in [6, 6.07) is 0.226. The molecule has 108 valence electrons. The minimum absolute atomic E-state index is 0.0656. The van der Waals surface area contributed by atoms with Crippen molar-refractivity contribution in [2.45, 2.75) is 50.8 Å². The molecule has 2 saturated carbocycles. The van der Waals surface area contributed by atoms with Crippen molar-refractivity contribution < 1.29 is 14.7 Å². The van der Waals surface area contributed by atoms with Crippen molar-refractivity contribution in [2.75, 3.05) is 6.26 Å². The molecular formula is C14H23NO3S. The van der Waals surface area contributed by atoms with E-state index in [1.54, 1.807) is 0 Å². The topological polar surface area (TPSA) is 66.4 Å². The van der Waals surface area contributed by atoms with Crippen molar-refractivity contribution in [3.63, 3.8) is 0 Å². The highest BCUT2D eigenvalue weighted by molar-refractivity contribution is 7.99. The van der Waals surface area contributed by atoms with E-state index in [0.717, 1.165) is 19.3 Å². The zero-order chi connectivity index (χ0) is 14.2. The first-order valence-electron chi connectivity index (χ1n) is 6.94.